The summed E-state index contributed by atoms with van der Waals surface area (Å²) in [6.07, 6.45) is 2.58. The van der Waals surface area contributed by atoms with Gasteiger partial charge in [-0.2, -0.15) is 0 Å². The lowest BCUT2D eigenvalue weighted by Gasteiger charge is -2.17. The molecular formula is C15H27N3O4. The van der Waals surface area contributed by atoms with Crippen LogP contribution in [-0.4, -0.2) is 54.1 Å². The number of carbonyl (C=O) groups is 3. The van der Waals surface area contributed by atoms with Gasteiger partial charge in [0.05, 0.1) is 11.8 Å². The van der Waals surface area contributed by atoms with E-state index < -0.39 is 17.9 Å². The van der Waals surface area contributed by atoms with Gasteiger partial charge < -0.3 is 20.6 Å². The molecule has 7 nitrogen and oxygen atoms in total. The fourth-order valence-corrected chi connectivity index (χ4v) is 2.53. The molecule has 1 fully saturated rings. The normalized spacial score (nSPS) is 20.7. The molecule has 1 saturated heterocycles. The van der Waals surface area contributed by atoms with E-state index in [2.05, 4.69) is 10.6 Å². The van der Waals surface area contributed by atoms with Crippen LogP contribution in [0.3, 0.4) is 0 Å². The molecule has 0 radical (unpaired) electrons. The lowest BCUT2D eigenvalue weighted by atomic mass is 9.94. The highest BCUT2D eigenvalue weighted by molar-refractivity contribution is 5.89. The number of nitrogens with one attached hydrogen (secondary N) is 2. The van der Waals surface area contributed by atoms with Crippen molar-refractivity contribution in [2.75, 3.05) is 26.2 Å². The quantitative estimate of drug-likeness (QED) is 0.583. The number of rotatable bonds is 8. The molecule has 1 aliphatic heterocycles. The Labute approximate surface area is 131 Å². The molecule has 2 atom stereocenters. The highest BCUT2D eigenvalue weighted by atomic mass is 16.4. The van der Waals surface area contributed by atoms with Gasteiger partial charge in [-0.3, -0.25) is 9.59 Å². The summed E-state index contributed by atoms with van der Waals surface area (Å²) in [5, 5.41) is 14.7. The van der Waals surface area contributed by atoms with Crippen LogP contribution in [0.15, 0.2) is 0 Å². The summed E-state index contributed by atoms with van der Waals surface area (Å²) in [6.45, 7) is 5.33. The molecule has 0 aromatic rings. The standard InChI is InChI=1S/C15H27N3O4/c1-3-5-7-16-13(19)11-9-18(15(21)22)10-12(11)14(20)17-8-6-4-2/h11-12H,3-10H2,1-2H3,(H,16,19)(H,17,20)(H,21,22)/t11-,12-/m1/s1. The van der Waals surface area contributed by atoms with Crippen molar-refractivity contribution in [3.63, 3.8) is 0 Å². The van der Waals surface area contributed by atoms with Crippen LogP contribution in [0, 0.1) is 11.8 Å². The number of hydrogen-bond acceptors (Lipinski definition) is 3. The number of likely N-dealkylation sites (tertiary alicyclic amines) is 1. The number of unbranched alkanes of at least 4 members (excludes halogenated alkanes) is 2. The zero-order valence-corrected chi connectivity index (χ0v) is 13.4. The van der Waals surface area contributed by atoms with E-state index in [9.17, 15) is 14.4 Å². The van der Waals surface area contributed by atoms with Crippen LogP contribution >= 0.6 is 0 Å². The number of nitrogens with zero attached hydrogens (tertiary/aromatic N) is 1. The molecule has 0 saturated carbocycles. The lowest BCUT2D eigenvalue weighted by molar-refractivity contribution is -0.132. The first-order chi connectivity index (χ1) is 10.5. The minimum atomic E-state index is -1.09. The van der Waals surface area contributed by atoms with Crippen LogP contribution < -0.4 is 10.6 Å². The van der Waals surface area contributed by atoms with Crippen LogP contribution in [0.4, 0.5) is 4.79 Å². The van der Waals surface area contributed by atoms with Crippen LogP contribution in [-0.2, 0) is 9.59 Å². The Balaban J connectivity index is 2.65. The molecule has 0 unspecified atom stereocenters. The Kier molecular flexibility index (Phi) is 7.70. The fourth-order valence-electron chi connectivity index (χ4n) is 2.53. The van der Waals surface area contributed by atoms with Crippen LogP contribution in [0.25, 0.3) is 0 Å². The summed E-state index contributed by atoms with van der Waals surface area (Å²) in [7, 11) is 0. The maximum atomic E-state index is 12.2. The molecular weight excluding hydrogens is 286 g/mol. The lowest BCUT2D eigenvalue weighted by Crippen LogP contribution is -2.42. The Morgan fingerprint density at radius 2 is 1.36 bits per heavy atom. The largest absolute Gasteiger partial charge is 0.465 e. The van der Waals surface area contributed by atoms with Gasteiger partial charge in [-0.25, -0.2) is 4.79 Å². The van der Waals surface area contributed by atoms with E-state index in [1.165, 1.54) is 0 Å². The number of carboxylic acid groups (broad SMARTS) is 1. The minimum absolute atomic E-state index is 0.0825. The highest BCUT2D eigenvalue weighted by Gasteiger charge is 2.43. The fraction of sp³-hybridized carbons (Fsp3) is 0.800. The number of carbonyl (C=O) groups excluding carboxylic acids is 2. The average Bonchev–Trinajstić information content (AvgIpc) is 2.93. The van der Waals surface area contributed by atoms with Gasteiger partial charge >= 0.3 is 6.09 Å². The van der Waals surface area contributed by atoms with Crippen LogP contribution in [0.2, 0.25) is 0 Å². The molecule has 7 heteroatoms. The number of hydrogen-bond donors (Lipinski definition) is 3. The van der Waals surface area contributed by atoms with Crippen molar-refractivity contribution < 1.29 is 19.5 Å². The van der Waals surface area contributed by atoms with E-state index in [0.29, 0.717) is 13.1 Å². The van der Waals surface area contributed by atoms with E-state index in [1.54, 1.807) is 0 Å². The van der Waals surface area contributed by atoms with E-state index in [-0.39, 0.29) is 24.9 Å². The zero-order valence-electron chi connectivity index (χ0n) is 13.4. The van der Waals surface area contributed by atoms with Gasteiger partial charge in [-0.15, -0.1) is 0 Å². The van der Waals surface area contributed by atoms with Gasteiger partial charge in [0.1, 0.15) is 0 Å². The Morgan fingerprint density at radius 3 is 1.68 bits per heavy atom. The van der Waals surface area contributed by atoms with Crippen LogP contribution in [0.5, 0.6) is 0 Å². The summed E-state index contributed by atoms with van der Waals surface area (Å²) in [5.41, 5.74) is 0. The van der Waals surface area contributed by atoms with Crippen molar-refractivity contribution >= 4 is 17.9 Å². The smallest absolute Gasteiger partial charge is 0.407 e. The molecule has 0 bridgehead atoms. The van der Waals surface area contributed by atoms with Crippen molar-refractivity contribution in [3.8, 4) is 0 Å². The third kappa shape index (κ3) is 5.20. The number of amides is 3. The Morgan fingerprint density at radius 1 is 0.955 bits per heavy atom. The highest BCUT2D eigenvalue weighted by Crippen LogP contribution is 2.24. The second-order valence-corrected chi connectivity index (χ2v) is 5.69. The summed E-state index contributed by atoms with van der Waals surface area (Å²) >= 11 is 0. The molecule has 0 spiro atoms. The van der Waals surface area contributed by atoms with Crippen molar-refractivity contribution in [1.82, 2.24) is 15.5 Å². The van der Waals surface area contributed by atoms with E-state index >= 15 is 0 Å². The van der Waals surface area contributed by atoms with Crippen LogP contribution in [0.1, 0.15) is 39.5 Å². The predicted octanol–water partition coefficient (Wildman–Crippen LogP) is 1.05. The summed E-state index contributed by atoms with van der Waals surface area (Å²) in [5.74, 6) is -1.66. The maximum absolute atomic E-state index is 12.2. The summed E-state index contributed by atoms with van der Waals surface area (Å²) in [6, 6.07) is 0. The zero-order chi connectivity index (χ0) is 16.5. The van der Waals surface area contributed by atoms with Gasteiger partial charge in [0, 0.05) is 26.2 Å². The SMILES string of the molecule is CCCCNC(=O)[C@@H]1CN(C(=O)O)C[C@H]1C(=O)NCCCC. The Bertz CT molecular complexity index is 370. The average molecular weight is 313 g/mol. The summed E-state index contributed by atoms with van der Waals surface area (Å²) < 4.78 is 0. The first-order valence-electron chi connectivity index (χ1n) is 8.04. The third-order valence-electron chi connectivity index (χ3n) is 3.92. The second kappa shape index (κ2) is 9.27. The van der Waals surface area contributed by atoms with Gasteiger partial charge in [0.2, 0.25) is 11.8 Å². The van der Waals surface area contributed by atoms with Crippen molar-refractivity contribution in [1.29, 1.82) is 0 Å². The van der Waals surface area contributed by atoms with Gasteiger partial charge in [-0.05, 0) is 12.8 Å². The Hall–Kier alpha value is -1.79. The second-order valence-electron chi connectivity index (χ2n) is 5.69. The third-order valence-corrected chi connectivity index (χ3v) is 3.92. The molecule has 1 heterocycles. The summed E-state index contributed by atoms with van der Waals surface area (Å²) in [4.78, 5) is 36.7. The molecule has 0 aromatic heterocycles. The molecule has 1 aliphatic rings. The molecule has 22 heavy (non-hydrogen) atoms. The van der Waals surface area contributed by atoms with Gasteiger partial charge in [-0.1, -0.05) is 26.7 Å². The molecule has 0 aliphatic carbocycles. The molecule has 3 N–H and O–H groups in total. The molecule has 0 aromatic carbocycles. The molecule has 126 valence electrons. The van der Waals surface area contributed by atoms with Gasteiger partial charge in [0.15, 0.2) is 0 Å². The predicted molar refractivity (Wildman–Crippen MR) is 82.4 cm³/mol. The van der Waals surface area contributed by atoms with E-state index in [0.717, 1.165) is 30.6 Å². The topological polar surface area (TPSA) is 98.7 Å². The first-order valence-corrected chi connectivity index (χ1v) is 8.04. The molecule has 3 amide bonds. The van der Waals surface area contributed by atoms with Crippen molar-refractivity contribution in [3.05, 3.63) is 0 Å². The van der Waals surface area contributed by atoms with Gasteiger partial charge in [0.25, 0.3) is 0 Å². The molecule has 1 rings (SSSR count). The van der Waals surface area contributed by atoms with E-state index in [1.807, 2.05) is 13.8 Å². The minimum Gasteiger partial charge on any atom is -0.465 e. The van der Waals surface area contributed by atoms with Crippen molar-refractivity contribution in [2.45, 2.75) is 39.5 Å². The monoisotopic (exact) mass is 313 g/mol. The van der Waals surface area contributed by atoms with E-state index in [4.69, 9.17) is 5.11 Å². The first kappa shape index (κ1) is 18.3. The maximum Gasteiger partial charge on any atom is 0.407 e. The van der Waals surface area contributed by atoms with Crippen molar-refractivity contribution in [2.24, 2.45) is 11.8 Å².